The molecule has 0 bridgehead atoms. The van der Waals surface area contributed by atoms with E-state index in [-0.39, 0.29) is 18.1 Å². The van der Waals surface area contributed by atoms with Crippen molar-refractivity contribution in [1.82, 2.24) is 4.90 Å². The zero-order valence-corrected chi connectivity index (χ0v) is 11.9. The lowest BCUT2D eigenvalue weighted by Gasteiger charge is -2.19. The first kappa shape index (κ1) is 15.7. The Balaban J connectivity index is 2.63. The fourth-order valence-electron chi connectivity index (χ4n) is 1.65. The quantitative estimate of drug-likeness (QED) is 0.813. The van der Waals surface area contributed by atoms with Crippen LogP contribution in [0.3, 0.4) is 0 Å². The first-order chi connectivity index (χ1) is 8.92. The largest absolute Gasteiger partial charge is 0.322 e. The van der Waals surface area contributed by atoms with Crippen molar-refractivity contribution in [2.75, 3.05) is 25.0 Å². The number of nitrogens with zero attached hydrogens (tertiary/aromatic N) is 1. The fourth-order valence-corrected chi connectivity index (χ4v) is 1.82. The Morgan fingerprint density at radius 3 is 2.74 bits per heavy atom. The van der Waals surface area contributed by atoms with Gasteiger partial charge in [0, 0.05) is 11.6 Å². The monoisotopic (exact) mass is 284 g/mol. The maximum absolute atomic E-state index is 13.5. The van der Waals surface area contributed by atoms with Crippen molar-refractivity contribution in [3.05, 3.63) is 41.2 Å². The second kappa shape index (κ2) is 7.26. The number of halogens is 2. The summed E-state index contributed by atoms with van der Waals surface area (Å²) in [6.07, 6.45) is 0. The normalized spacial score (nSPS) is 10.6. The molecule has 0 saturated heterocycles. The Morgan fingerprint density at radius 2 is 2.16 bits per heavy atom. The molecule has 0 fully saturated rings. The van der Waals surface area contributed by atoms with Crippen LogP contribution >= 0.6 is 11.6 Å². The molecule has 0 atom stereocenters. The number of anilines is 1. The Hall–Kier alpha value is -1.39. The molecule has 104 valence electrons. The van der Waals surface area contributed by atoms with Crippen LogP contribution in [0.25, 0.3) is 0 Å². The Bertz CT molecular complexity index is 477. The average Bonchev–Trinajstić information content (AvgIpc) is 2.32. The highest BCUT2D eigenvalue weighted by Crippen LogP contribution is 2.19. The molecule has 19 heavy (non-hydrogen) atoms. The van der Waals surface area contributed by atoms with Crippen LogP contribution in [0.1, 0.15) is 13.8 Å². The van der Waals surface area contributed by atoms with E-state index in [1.807, 2.05) is 18.7 Å². The van der Waals surface area contributed by atoms with Crippen molar-refractivity contribution in [2.24, 2.45) is 0 Å². The van der Waals surface area contributed by atoms with E-state index in [1.54, 1.807) is 0 Å². The highest BCUT2D eigenvalue weighted by atomic mass is 35.5. The molecule has 0 aliphatic carbocycles. The molecule has 0 saturated carbocycles. The molecule has 0 heterocycles. The second-order valence-electron chi connectivity index (χ2n) is 4.43. The SMILES string of the molecule is C=C(C)CN(CC)CC(=O)Nc1cc(Cl)ccc1F. The first-order valence-corrected chi connectivity index (χ1v) is 6.41. The van der Waals surface area contributed by atoms with Gasteiger partial charge in [-0.15, -0.1) is 0 Å². The van der Waals surface area contributed by atoms with Gasteiger partial charge in [-0.25, -0.2) is 4.39 Å². The third-order valence-corrected chi connectivity index (χ3v) is 2.75. The van der Waals surface area contributed by atoms with E-state index in [0.29, 0.717) is 11.6 Å². The van der Waals surface area contributed by atoms with Crippen molar-refractivity contribution in [2.45, 2.75) is 13.8 Å². The number of benzene rings is 1. The van der Waals surface area contributed by atoms with Crippen LogP contribution in [0.5, 0.6) is 0 Å². The average molecular weight is 285 g/mol. The van der Waals surface area contributed by atoms with Gasteiger partial charge >= 0.3 is 0 Å². The molecule has 1 aromatic rings. The van der Waals surface area contributed by atoms with Gasteiger partial charge in [-0.1, -0.05) is 30.7 Å². The van der Waals surface area contributed by atoms with Crippen LogP contribution in [0, 0.1) is 5.82 Å². The molecule has 1 aromatic carbocycles. The number of amides is 1. The van der Waals surface area contributed by atoms with E-state index < -0.39 is 5.82 Å². The molecule has 0 aliphatic rings. The van der Waals surface area contributed by atoms with Crippen LogP contribution in [0.4, 0.5) is 10.1 Å². The van der Waals surface area contributed by atoms with E-state index in [1.165, 1.54) is 18.2 Å². The predicted octanol–water partition coefficient (Wildman–Crippen LogP) is 3.32. The third-order valence-electron chi connectivity index (χ3n) is 2.51. The highest BCUT2D eigenvalue weighted by Gasteiger charge is 2.11. The molecule has 0 aliphatic heterocycles. The maximum atomic E-state index is 13.5. The third kappa shape index (κ3) is 5.41. The fraction of sp³-hybridized carbons (Fsp3) is 0.357. The summed E-state index contributed by atoms with van der Waals surface area (Å²) in [5, 5.41) is 2.90. The molecule has 1 rings (SSSR count). The summed E-state index contributed by atoms with van der Waals surface area (Å²) in [6.45, 7) is 9.21. The number of nitrogens with one attached hydrogen (secondary N) is 1. The highest BCUT2D eigenvalue weighted by molar-refractivity contribution is 6.30. The number of carbonyl (C=O) groups is 1. The lowest BCUT2D eigenvalue weighted by atomic mass is 10.3. The standard InChI is InChI=1S/C14H18ClFN2O/c1-4-18(8-10(2)3)9-14(19)17-13-7-11(15)5-6-12(13)16/h5-7H,2,4,8-9H2,1,3H3,(H,17,19). The zero-order chi connectivity index (χ0) is 14.4. The molecular formula is C14H18ClFN2O. The van der Waals surface area contributed by atoms with Crippen molar-refractivity contribution >= 4 is 23.2 Å². The molecule has 5 heteroatoms. The van der Waals surface area contributed by atoms with E-state index in [2.05, 4.69) is 11.9 Å². The van der Waals surface area contributed by atoms with Crippen LogP contribution in [-0.2, 0) is 4.79 Å². The van der Waals surface area contributed by atoms with Crippen LogP contribution in [-0.4, -0.2) is 30.4 Å². The van der Waals surface area contributed by atoms with E-state index in [4.69, 9.17) is 11.6 Å². The van der Waals surface area contributed by atoms with E-state index in [9.17, 15) is 9.18 Å². The molecular weight excluding hydrogens is 267 g/mol. The predicted molar refractivity (Wildman–Crippen MR) is 77.0 cm³/mol. The van der Waals surface area contributed by atoms with Gasteiger partial charge in [-0.2, -0.15) is 0 Å². The van der Waals surface area contributed by atoms with E-state index >= 15 is 0 Å². The zero-order valence-electron chi connectivity index (χ0n) is 11.2. The van der Waals surface area contributed by atoms with Crippen LogP contribution < -0.4 is 5.32 Å². The minimum absolute atomic E-state index is 0.101. The summed E-state index contributed by atoms with van der Waals surface area (Å²) in [5.74, 6) is -0.773. The van der Waals surface area contributed by atoms with Crippen molar-refractivity contribution < 1.29 is 9.18 Å². The van der Waals surface area contributed by atoms with Gasteiger partial charge in [0.15, 0.2) is 0 Å². The second-order valence-corrected chi connectivity index (χ2v) is 4.87. The molecule has 0 spiro atoms. The molecule has 0 radical (unpaired) electrons. The van der Waals surface area contributed by atoms with Gasteiger partial charge in [0.05, 0.1) is 12.2 Å². The number of rotatable bonds is 6. The van der Waals surface area contributed by atoms with Gasteiger partial charge in [-0.05, 0) is 31.7 Å². The maximum Gasteiger partial charge on any atom is 0.238 e. The van der Waals surface area contributed by atoms with Gasteiger partial charge in [0.2, 0.25) is 5.91 Å². The van der Waals surface area contributed by atoms with Gasteiger partial charge < -0.3 is 5.32 Å². The first-order valence-electron chi connectivity index (χ1n) is 6.04. The summed E-state index contributed by atoms with van der Waals surface area (Å²) >= 11 is 5.76. The topological polar surface area (TPSA) is 32.3 Å². The van der Waals surface area contributed by atoms with Gasteiger partial charge in [0.25, 0.3) is 0 Å². The summed E-state index contributed by atoms with van der Waals surface area (Å²) in [5.41, 5.74) is 1.08. The molecule has 1 amide bonds. The molecule has 0 unspecified atom stereocenters. The Labute approximate surface area is 118 Å². The Kier molecular flexibility index (Phi) is 5.99. The minimum Gasteiger partial charge on any atom is -0.322 e. The summed E-state index contributed by atoms with van der Waals surface area (Å²) in [4.78, 5) is 13.8. The number of hydrogen-bond acceptors (Lipinski definition) is 2. The lowest BCUT2D eigenvalue weighted by Crippen LogP contribution is -2.34. The minimum atomic E-state index is -0.499. The smallest absolute Gasteiger partial charge is 0.238 e. The number of likely N-dealkylation sites (N-methyl/N-ethyl adjacent to an activating group) is 1. The summed E-state index contributed by atoms with van der Waals surface area (Å²) in [6, 6.07) is 4.05. The summed E-state index contributed by atoms with van der Waals surface area (Å²) in [7, 11) is 0. The number of hydrogen-bond donors (Lipinski definition) is 1. The molecule has 3 nitrogen and oxygen atoms in total. The van der Waals surface area contributed by atoms with Crippen LogP contribution in [0.2, 0.25) is 5.02 Å². The van der Waals surface area contributed by atoms with Crippen molar-refractivity contribution in [3.63, 3.8) is 0 Å². The molecule has 0 aromatic heterocycles. The van der Waals surface area contributed by atoms with Gasteiger partial charge in [0.1, 0.15) is 5.82 Å². The van der Waals surface area contributed by atoms with E-state index in [0.717, 1.165) is 12.1 Å². The van der Waals surface area contributed by atoms with Crippen LogP contribution in [0.15, 0.2) is 30.4 Å². The molecule has 1 N–H and O–H groups in total. The lowest BCUT2D eigenvalue weighted by molar-refractivity contribution is -0.117. The Morgan fingerprint density at radius 1 is 1.47 bits per heavy atom. The number of carbonyl (C=O) groups excluding carboxylic acids is 1. The van der Waals surface area contributed by atoms with Crippen molar-refractivity contribution in [1.29, 1.82) is 0 Å². The van der Waals surface area contributed by atoms with Gasteiger partial charge in [-0.3, -0.25) is 9.69 Å². The summed E-state index contributed by atoms with van der Waals surface area (Å²) < 4.78 is 13.5. The van der Waals surface area contributed by atoms with Crippen molar-refractivity contribution in [3.8, 4) is 0 Å².